The standard InChI is InChI=1S/C10H13NO2S/c1-10(2)3-5-6(4-10)14-8(7(5)12)9(11)13/h12H,3-4H2,1-2H3,(H2,11,13). The number of thiophene rings is 1. The monoisotopic (exact) mass is 211 g/mol. The number of amides is 1. The fourth-order valence-corrected chi connectivity index (χ4v) is 3.29. The number of primary amides is 1. The molecule has 0 saturated heterocycles. The molecule has 1 heterocycles. The van der Waals surface area contributed by atoms with Gasteiger partial charge in [-0.15, -0.1) is 11.3 Å². The van der Waals surface area contributed by atoms with E-state index < -0.39 is 5.91 Å². The minimum atomic E-state index is -0.528. The Hall–Kier alpha value is -1.03. The molecule has 1 aromatic heterocycles. The third-order valence-electron chi connectivity index (χ3n) is 2.58. The fourth-order valence-electron chi connectivity index (χ4n) is 1.97. The van der Waals surface area contributed by atoms with Crippen molar-refractivity contribution in [2.45, 2.75) is 26.7 Å². The molecule has 1 amide bonds. The Labute approximate surface area is 86.6 Å². The molecular weight excluding hydrogens is 198 g/mol. The minimum absolute atomic E-state index is 0.114. The average molecular weight is 211 g/mol. The predicted octanol–water partition coefficient (Wildman–Crippen LogP) is 1.68. The lowest BCUT2D eigenvalue weighted by Gasteiger charge is -2.15. The van der Waals surface area contributed by atoms with Gasteiger partial charge in [0.15, 0.2) is 0 Å². The van der Waals surface area contributed by atoms with Gasteiger partial charge < -0.3 is 10.8 Å². The summed E-state index contributed by atoms with van der Waals surface area (Å²) in [6.45, 7) is 4.31. The van der Waals surface area contributed by atoms with Gasteiger partial charge in [-0.3, -0.25) is 4.79 Å². The first kappa shape index (κ1) is 9.52. The molecule has 4 heteroatoms. The van der Waals surface area contributed by atoms with Gasteiger partial charge in [-0.05, 0) is 18.3 Å². The van der Waals surface area contributed by atoms with E-state index in [1.807, 2.05) is 0 Å². The second-order valence-corrected chi connectivity index (χ2v) is 5.67. The maximum atomic E-state index is 11.0. The highest BCUT2D eigenvalue weighted by molar-refractivity contribution is 7.14. The van der Waals surface area contributed by atoms with Crippen molar-refractivity contribution in [3.05, 3.63) is 15.3 Å². The Kier molecular flexibility index (Phi) is 1.86. The van der Waals surface area contributed by atoms with Crippen molar-refractivity contribution >= 4 is 17.2 Å². The first-order valence-electron chi connectivity index (χ1n) is 4.54. The number of carbonyl (C=O) groups excluding carboxylic acids is 1. The zero-order valence-electron chi connectivity index (χ0n) is 8.26. The number of nitrogens with two attached hydrogens (primary N) is 1. The molecule has 76 valence electrons. The second kappa shape index (κ2) is 2.73. The van der Waals surface area contributed by atoms with Crippen molar-refractivity contribution in [2.24, 2.45) is 11.1 Å². The van der Waals surface area contributed by atoms with Crippen LogP contribution in [0.15, 0.2) is 0 Å². The van der Waals surface area contributed by atoms with E-state index in [4.69, 9.17) is 5.73 Å². The van der Waals surface area contributed by atoms with Gasteiger partial charge in [-0.2, -0.15) is 0 Å². The lowest BCUT2D eigenvalue weighted by molar-refractivity contribution is 0.100. The van der Waals surface area contributed by atoms with E-state index in [1.165, 1.54) is 11.3 Å². The van der Waals surface area contributed by atoms with Crippen molar-refractivity contribution in [1.82, 2.24) is 0 Å². The minimum Gasteiger partial charge on any atom is -0.506 e. The van der Waals surface area contributed by atoms with Crippen molar-refractivity contribution in [2.75, 3.05) is 0 Å². The van der Waals surface area contributed by atoms with Crippen LogP contribution in [0, 0.1) is 5.41 Å². The van der Waals surface area contributed by atoms with Crippen LogP contribution >= 0.6 is 11.3 Å². The lowest BCUT2D eigenvalue weighted by Crippen LogP contribution is -2.12. The Bertz CT molecular complexity index is 406. The molecule has 1 aliphatic carbocycles. The summed E-state index contributed by atoms with van der Waals surface area (Å²) in [5.74, 6) is -0.414. The van der Waals surface area contributed by atoms with Gasteiger partial charge in [-0.25, -0.2) is 0 Å². The SMILES string of the molecule is CC1(C)Cc2sc(C(N)=O)c(O)c2C1. The van der Waals surface area contributed by atoms with Crippen molar-refractivity contribution in [1.29, 1.82) is 0 Å². The number of rotatable bonds is 1. The van der Waals surface area contributed by atoms with E-state index >= 15 is 0 Å². The van der Waals surface area contributed by atoms with Crippen LogP contribution in [0.5, 0.6) is 5.75 Å². The molecule has 3 N–H and O–H groups in total. The third-order valence-corrected chi connectivity index (χ3v) is 3.82. The molecule has 0 radical (unpaired) electrons. The zero-order chi connectivity index (χ0) is 10.5. The Morgan fingerprint density at radius 1 is 1.50 bits per heavy atom. The summed E-state index contributed by atoms with van der Waals surface area (Å²) in [5, 5.41) is 9.76. The molecule has 0 aliphatic heterocycles. The molecule has 0 unspecified atom stereocenters. The molecule has 0 fully saturated rings. The van der Waals surface area contributed by atoms with Crippen molar-refractivity contribution in [3.8, 4) is 5.75 Å². The summed E-state index contributed by atoms with van der Waals surface area (Å²) in [6.07, 6.45) is 1.76. The topological polar surface area (TPSA) is 63.3 Å². The zero-order valence-corrected chi connectivity index (χ0v) is 9.07. The van der Waals surface area contributed by atoms with E-state index in [2.05, 4.69) is 13.8 Å². The van der Waals surface area contributed by atoms with Crippen molar-refractivity contribution in [3.63, 3.8) is 0 Å². The highest BCUT2D eigenvalue weighted by atomic mass is 32.1. The number of hydrogen-bond acceptors (Lipinski definition) is 3. The maximum absolute atomic E-state index is 11.0. The molecule has 0 aromatic carbocycles. The average Bonchev–Trinajstić information content (AvgIpc) is 2.46. The molecular formula is C10H13NO2S. The van der Waals surface area contributed by atoms with Gasteiger partial charge in [0.1, 0.15) is 10.6 Å². The largest absolute Gasteiger partial charge is 0.506 e. The maximum Gasteiger partial charge on any atom is 0.262 e. The first-order valence-corrected chi connectivity index (χ1v) is 5.36. The van der Waals surface area contributed by atoms with Crippen LogP contribution in [0.2, 0.25) is 0 Å². The summed E-state index contributed by atoms with van der Waals surface area (Å²) in [5.41, 5.74) is 6.28. The number of hydrogen-bond donors (Lipinski definition) is 2. The molecule has 1 aromatic rings. The van der Waals surface area contributed by atoms with E-state index in [1.54, 1.807) is 0 Å². The molecule has 0 spiro atoms. The Morgan fingerprint density at radius 2 is 2.14 bits per heavy atom. The second-order valence-electron chi connectivity index (χ2n) is 4.56. The summed E-state index contributed by atoms with van der Waals surface area (Å²) >= 11 is 1.33. The van der Waals surface area contributed by atoms with Crippen LogP contribution in [-0.2, 0) is 12.8 Å². The van der Waals surface area contributed by atoms with Gasteiger partial charge >= 0.3 is 0 Å². The van der Waals surface area contributed by atoms with Gasteiger partial charge in [0.05, 0.1) is 0 Å². The molecule has 1 aliphatic rings. The van der Waals surface area contributed by atoms with Crippen LogP contribution in [0.1, 0.15) is 34.0 Å². The summed E-state index contributed by atoms with van der Waals surface area (Å²) < 4.78 is 0. The quantitative estimate of drug-likeness (QED) is 0.742. The molecule has 0 saturated carbocycles. The first-order chi connectivity index (χ1) is 6.41. The predicted molar refractivity (Wildman–Crippen MR) is 55.7 cm³/mol. The van der Waals surface area contributed by atoms with E-state index in [-0.39, 0.29) is 11.2 Å². The molecule has 3 nitrogen and oxygen atoms in total. The highest BCUT2D eigenvalue weighted by Crippen LogP contribution is 2.46. The van der Waals surface area contributed by atoms with Crippen LogP contribution in [-0.4, -0.2) is 11.0 Å². The van der Waals surface area contributed by atoms with Crippen LogP contribution in [0.25, 0.3) is 0 Å². The Balaban J connectivity index is 2.46. The van der Waals surface area contributed by atoms with Crippen LogP contribution in [0.4, 0.5) is 0 Å². The summed E-state index contributed by atoms with van der Waals surface area (Å²) in [6, 6.07) is 0. The Morgan fingerprint density at radius 3 is 2.64 bits per heavy atom. The van der Waals surface area contributed by atoms with Crippen LogP contribution < -0.4 is 5.73 Å². The molecule has 2 rings (SSSR count). The van der Waals surface area contributed by atoms with Gasteiger partial charge in [-0.1, -0.05) is 13.8 Å². The van der Waals surface area contributed by atoms with Gasteiger partial charge in [0, 0.05) is 10.4 Å². The van der Waals surface area contributed by atoms with E-state index in [0.717, 1.165) is 23.3 Å². The molecule has 0 bridgehead atoms. The fraction of sp³-hybridized carbons (Fsp3) is 0.500. The van der Waals surface area contributed by atoms with Gasteiger partial charge in [0.2, 0.25) is 0 Å². The van der Waals surface area contributed by atoms with E-state index in [9.17, 15) is 9.90 Å². The van der Waals surface area contributed by atoms with Gasteiger partial charge in [0.25, 0.3) is 5.91 Å². The molecule has 14 heavy (non-hydrogen) atoms. The number of aromatic hydroxyl groups is 1. The normalized spacial score (nSPS) is 18.1. The highest BCUT2D eigenvalue weighted by Gasteiger charge is 2.34. The summed E-state index contributed by atoms with van der Waals surface area (Å²) in [7, 11) is 0. The summed E-state index contributed by atoms with van der Waals surface area (Å²) in [4.78, 5) is 12.4. The van der Waals surface area contributed by atoms with E-state index in [0.29, 0.717) is 4.88 Å². The molecule has 0 atom stereocenters. The van der Waals surface area contributed by atoms with Crippen molar-refractivity contribution < 1.29 is 9.90 Å². The smallest absolute Gasteiger partial charge is 0.262 e. The number of fused-ring (bicyclic) bond motifs is 1. The number of carbonyl (C=O) groups is 1. The van der Waals surface area contributed by atoms with Crippen LogP contribution in [0.3, 0.4) is 0 Å². The third kappa shape index (κ3) is 1.30. The lowest BCUT2D eigenvalue weighted by atomic mass is 9.90.